The first kappa shape index (κ1) is 14.7. The van der Waals surface area contributed by atoms with Crippen LogP contribution in [0.2, 0.25) is 0 Å². The number of likely N-dealkylation sites (tertiary alicyclic amines) is 1. The molecule has 0 radical (unpaired) electrons. The van der Waals surface area contributed by atoms with Crippen molar-refractivity contribution in [1.82, 2.24) is 14.9 Å². The molecule has 0 aliphatic carbocycles. The Kier molecular flexibility index (Phi) is 4.01. The van der Waals surface area contributed by atoms with E-state index in [-0.39, 0.29) is 5.91 Å². The van der Waals surface area contributed by atoms with Gasteiger partial charge in [0, 0.05) is 18.5 Å². The van der Waals surface area contributed by atoms with E-state index in [2.05, 4.69) is 4.98 Å². The van der Waals surface area contributed by atoms with Gasteiger partial charge in [0.15, 0.2) is 5.82 Å². The minimum atomic E-state index is 0.196. The number of aromatic nitrogens is 2. The van der Waals surface area contributed by atoms with Gasteiger partial charge < -0.3 is 4.90 Å². The molecule has 3 aromatic rings. The second-order valence-corrected chi connectivity index (χ2v) is 7.28. The van der Waals surface area contributed by atoms with Gasteiger partial charge in [-0.05, 0) is 23.9 Å². The Bertz CT molecular complexity index is 844. The minimum Gasteiger partial charge on any atom is -0.342 e. The van der Waals surface area contributed by atoms with E-state index in [0.717, 1.165) is 46.1 Å². The standard InChI is InChI=1S/C17H15N3OS2/c21-15(20-8-4-9-20)11-23-17-12-5-1-2-6-13(12)18-16(19-17)14-7-3-10-22-14/h1-3,5-7,10H,4,8-9,11H2. The van der Waals surface area contributed by atoms with Crippen molar-refractivity contribution in [2.75, 3.05) is 18.8 Å². The fourth-order valence-corrected chi connectivity index (χ4v) is 4.04. The molecule has 0 N–H and O–H groups in total. The number of hydrogen-bond acceptors (Lipinski definition) is 5. The number of thioether (sulfide) groups is 1. The third kappa shape index (κ3) is 2.96. The fourth-order valence-electron chi connectivity index (χ4n) is 2.46. The zero-order valence-corrected chi connectivity index (χ0v) is 14.1. The van der Waals surface area contributed by atoms with Crippen molar-refractivity contribution in [2.24, 2.45) is 0 Å². The molecule has 4 rings (SSSR count). The fraction of sp³-hybridized carbons (Fsp3) is 0.235. The largest absolute Gasteiger partial charge is 0.342 e. The van der Waals surface area contributed by atoms with Crippen LogP contribution in [0.15, 0.2) is 46.8 Å². The first-order chi connectivity index (χ1) is 11.3. The highest BCUT2D eigenvalue weighted by Gasteiger charge is 2.20. The SMILES string of the molecule is O=C(CSc1nc(-c2cccs2)nc2ccccc12)N1CCC1. The van der Waals surface area contributed by atoms with Crippen LogP contribution >= 0.6 is 23.1 Å². The molecule has 3 heterocycles. The summed E-state index contributed by atoms with van der Waals surface area (Å²) in [4.78, 5) is 24.4. The Labute approximate surface area is 142 Å². The van der Waals surface area contributed by atoms with Crippen molar-refractivity contribution in [3.05, 3.63) is 41.8 Å². The molecule has 4 nitrogen and oxygen atoms in total. The summed E-state index contributed by atoms with van der Waals surface area (Å²) in [5, 5.41) is 3.91. The Morgan fingerprint density at radius 2 is 2.04 bits per heavy atom. The molecule has 23 heavy (non-hydrogen) atoms. The van der Waals surface area contributed by atoms with Crippen LogP contribution in [0.1, 0.15) is 6.42 Å². The molecule has 6 heteroatoms. The molecule has 116 valence electrons. The predicted octanol–water partition coefficient (Wildman–Crippen LogP) is 3.68. The van der Waals surface area contributed by atoms with Crippen molar-refractivity contribution >= 4 is 39.9 Å². The number of para-hydroxylation sites is 1. The molecular formula is C17H15N3OS2. The Morgan fingerprint density at radius 1 is 1.17 bits per heavy atom. The number of rotatable bonds is 4. The maximum Gasteiger partial charge on any atom is 0.232 e. The second kappa shape index (κ2) is 6.29. The van der Waals surface area contributed by atoms with Crippen LogP contribution in [0.3, 0.4) is 0 Å². The minimum absolute atomic E-state index is 0.196. The Hall–Kier alpha value is -1.92. The van der Waals surface area contributed by atoms with Gasteiger partial charge in [-0.15, -0.1) is 11.3 Å². The summed E-state index contributed by atoms with van der Waals surface area (Å²) in [6.45, 7) is 1.79. The van der Waals surface area contributed by atoms with E-state index in [9.17, 15) is 4.79 Å². The zero-order valence-electron chi connectivity index (χ0n) is 12.4. The van der Waals surface area contributed by atoms with Crippen molar-refractivity contribution in [2.45, 2.75) is 11.4 Å². The summed E-state index contributed by atoms with van der Waals surface area (Å²) in [7, 11) is 0. The van der Waals surface area contributed by atoms with Crippen molar-refractivity contribution in [3.8, 4) is 10.7 Å². The third-order valence-electron chi connectivity index (χ3n) is 3.85. The number of nitrogens with zero attached hydrogens (tertiary/aromatic N) is 3. The van der Waals surface area contributed by atoms with E-state index in [1.54, 1.807) is 11.3 Å². The molecule has 0 spiro atoms. The summed E-state index contributed by atoms with van der Waals surface area (Å²) < 4.78 is 0. The van der Waals surface area contributed by atoms with Crippen LogP contribution in [0, 0.1) is 0 Å². The van der Waals surface area contributed by atoms with Gasteiger partial charge in [-0.2, -0.15) is 0 Å². The third-order valence-corrected chi connectivity index (χ3v) is 5.69. The van der Waals surface area contributed by atoms with Crippen molar-refractivity contribution in [3.63, 3.8) is 0 Å². The highest BCUT2D eigenvalue weighted by atomic mass is 32.2. The molecule has 0 bridgehead atoms. The lowest BCUT2D eigenvalue weighted by Gasteiger charge is -2.30. The molecule has 1 aliphatic rings. The number of hydrogen-bond donors (Lipinski definition) is 0. The normalized spacial score (nSPS) is 14.0. The van der Waals surface area contributed by atoms with E-state index < -0.39 is 0 Å². The molecule has 1 amide bonds. The summed E-state index contributed by atoms with van der Waals surface area (Å²) in [6.07, 6.45) is 1.12. The van der Waals surface area contributed by atoms with Gasteiger partial charge in [0.25, 0.3) is 0 Å². The molecular weight excluding hydrogens is 326 g/mol. The van der Waals surface area contributed by atoms with Gasteiger partial charge in [-0.1, -0.05) is 36.0 Å². The van der Waals surface area contributed by atoms with Crippen molar-refractivity contribution < 1.29 is 4.79 Å². The number of thiophene rings is 1. The average molecular weight is 341 g/mol. The predicted molar refractivity (Wildman–Crippen MR) is 94.8 cm³/mol. The lowest BCUT2D eigenvalue weighted by molar-refractivity contribution is -0.131. The number of carbonyl (C=O) groups excluding carboxylic acids is 1. The average Bonchev–Trinajstić information content (AvgIpc) is 3.05. The van der Waals surface area contributed by atoms with Crippen LogP contribution in [0.4, 0.5) is 0 Å². The van der Waals surface area contributed by atoms with Gasteiger partial charge in [0.05, 0.1) is 16.1 Å². The first-order valence-corrected chi connectivity index (χ1v) is 9.39. The lowest BCUT2D eigenvalue weighted by Crippen LogP contribution is -2.43. The van der Waals surface area contributed by atoms with E-state index in [1.807, 2.05) is 46.7 Å². The highest BCUT2D eigenvalue weighted by Crippen LogP contribution is 2.30. The van der Waals surface area contributed by atoms with Crippen LogP contribution in [-0.4, -0.2) is 39.6 Å². The van der Waals surface area contributed by atoms with E-state index in [4.69, 9.17) is 4.98 Å². The number of fused-ring (bicyclic) bond motifs is 1. The Balaban J connectivity index is 1.67. The highest BCUT2D eigenvalue weighted by molar-refractivity contribution is 8.00. The van der Waals surface area contributed by atoms with Crippen LogP contribution < -0.4 is 0 Å². The maximum absolute atomic E-state index is 12.1. The maximum atomic E-state index is 12.1. The molecule has 1 aromatic carbocycles. The summed E-state index contributed by atoms with van der Waals surface area (Å²) in [5.41, 5.74) is 0.921. The first-order valence-electron chi connectivity index (χ1n) is 7.52. The topological polar surface area (TPSA) is 46.1 Å². The summed E-state index contributed by atoms with van der Waals surface area (Å²) in [6, 6.07) is 12.0. The molecule has 1 aliphatic heterocycles. The second-order valence-electron chi connectivity index (χ2n) is 5.37. The smallest absolute Gasteiger partial charge is 0.232 e. The number of amides is 1. The van der Waals surface area contributed by atoms with E-state index in [0.29, 0.717) is 5.75 Å². The van der Waals surface area contributed by atoms with Gasteiger partial charge in [0.1, 0.15) is 5.03 Å². The van der Waals surface area contributed by atoms with E-state index in [1.165, 1.54) is 11.8 Å². The summed E-state index contributed by atoms with van der Waals surface area (Å²) in [5.74, 6) is 1.37. The van der Waals surface area contributed by atoms with Crippen molar-refractivity contribution in [1.29, 1.82) is 0 Å². The van der Waals surface area contributed by atoms with Gasteiger partial charge in [-0.3, -0.25) is 4.79 Å². The quantitative estimate of drug-likeness (QED) is 0.536. The van der Waals surface area contributed by atoms with Crippen LogP contribution in [0.5, 0.6) is 0 Å². The van der Waals surface area contributed by atoms with Crippen LogP contribution in [0.25, 0.3) is 21.6 Å². The Morgan fingerprint density at radius 3 is 2.78 bits per heavy atom. The molecule has 0 unspecified atom stereocenters. The molecule has 2 aromatic heterocycles. The summed E-state index contributed by atoms with van der Waals surface area (Å²) >= 11 is 3.14. The molecule has 0 atom stereocenters. The lowest BCUT2D eigenvalue weighted by atomic mass is 10.2. The molecule has 0 saturated carbocycles. The monoisotopic (exact) mass is 341 g/mol. The zero-order chi connectivity index (χ0) is 15.6. The van der Waals surface area contributed by atoms with Gasteiger partial charge >= 0.3 is 0 Å². The molecule has 1 fully saturated rings. The molecule has 1 saturated heterocycles. The number of carbonyl (C=O) groups is 1. The number of benzene rings is 1. The van der Waals surface area contributed by atoms with Gasteiger partial charge in [0.2, 0.25) is 5.91 Å². The van der Waals surface area contributed by atoms with Crippen LogP contribution in [-0.2, 0) is 4.79 Å². The van der Waals surface area contributed by atoms with E-state index >= 15 is 0 Å². The van der Waals surface area contributed by atoms with Gasteiger partial charge in [-0.25, -0.2) is 9.97 Å².